The van der Waals surface area contributed by atoms with Crippen molar-refractivity contribution in [2.24, 2.45) is 5.73 Å². The summed E-state index contributed by atoms with van der Waals surface area (Å²) in [6.07, 6.45) is -0.220. The maximum absolute atomic E-state index is 11.8. The molecule has 5 N–H and O–H groups in total. The van der Waals surface area contributed by atoms with Crippen LogP contribution < -0.4 is 16.4 Å². The van der Waals surface area contributed by atoms with Gasteiger partial charge in [-0.15, -0.1) is 0 Å². The number of primary amides is 1. The third-order valence-electron chi connectivity index (χ3n) is 2.65. The van der Waals surface area contributed by atoms with Gasteiger partial charge in [-0.2, -0.15) is 0 Å². The number of carbonyl (C=O) groups excluding carboxylic acids is 2. The number of urea groups is 1. The summed E-state index contributed by atoms with van der Waals surface area (Å²) in [5.74, 6) is -1.88. The van der Waals surface area contributed by atoms with Crippen molar-refractivity contribution in [3.63, 3.8) is 0 Å². The lowest BCUT2D eigenvalue weighted by Gasteiger charge is -2.15. The molecule has 1 atom stereocenters. The predicted octanol–water partition coefficient (Wildman–Crippen LogP) is 1.49. The standard InChI is InChI=1S/C13H16ClN3O4/c1-7-2-3-8(14)10(6-7)17-13(21)16-9(12(19)20)4-5-11(15)18/h2-3,6,9H,4-5H2,1H3,(H2,15,18)(H,19,20)(H2,16,17,21)/t9-/m0/s1. The summed E-state index contributed by atoms with van der Waals surface area (Å²) in [7, 11) is 0. The molecule has 0 aliphatic heterocycles. The lowest BCUT2D eigenvalue weighted by atomic mass is 10.1. The molecule has 0 fully saturated rings. The molecule has 0 saturated carbocycles. The van der Waals surface area contributed by atoms with Crippen LogP contribution in [0.2, 0.25) is 5.02 Å². The molecule has 0 unspecified atom stereocenters. The van der Waals surface area contributed by atoms with E-state index in [0.29, 0.717) is 10.7 Å². The van der Waals surface area contributed by atoms with Gasteiger partial charge >= 0.3 is 12.0 Å². The number of nitrogens with one attached hydrogen (secondary N) is 2. The number of amides is 3. The molecule has 0 heterocycles. The van der Waals surface area contributed by atoms with Gasteiger partial charge in [-0.1, -0.05) is 17.7 Å². The number of aryl methyl sites for hydroxylation is 1. The van der Waals surface area contributed by atoms with Crippen molar-refractivity contribution in [3.8, 4) is 0 Å². The van der Waals surface area contributed by atoms with E-state index in [9.17, 15) is 14.4 Å². The molecule has 1 aromatic carbocycles. The van der Waals surface area contributed by atoms with Gasteiger partial charge in [0.25, 0.3) is 0 Å². The van der Waals surface area contributed by atoms with E-state index < -0.39 is 23.9 Å². The first-order valence-electron chi connectivity index (χ1n) is 6.14. The van der Waals surface area contributed by atoms with E-state index in [1.54, 1.807) is 18.2 Å². The summed E-state index contributed by atoms with van der Waals surface area (Å²) in [6, 6.07) is 3.12. The van der Waals surface area contributed by atoms with Crippen molar-refractivity contribution in [1.29, 1.82) is 0 Å². The highest BCUT2D eigenvalue weighted by molar-refractivity contribution is 6.33. The molecule has 1 rings (SSSR count). The zero-order chi connectivity index (χ0) is 16.0. The van der Waals surface area contributed by atoms with E-state index in [2.05, 4.69) is 10.6 Å². The lowest BCUT2D eigenvalue weighted by molar-refractivity contribution is -0.139. The maximum Gasteiger partial charge on any atom is 0.326 e. The number of hydrogen-bond acceptors (Lipinski definition) is 3. The Morgan fingerprint density at radius 1 is 1.38 bits per heavy atom. The molecular formula is C13H16ClN3O4. The fraction of sp³-hybridized carbons (Fsp3) is 0.308. The van der Waals surface area contributed by atoms with Gasteiger partial charge in [-0.3, -0.25) is 4.79 Å². The quantitative estimate of drug-likeness (QED) is 0.635. The molecule has 0 aliphatic rings. The molecule has 0 saturated heterocycles. The Labute approximate surface area is 126 Å². The third kappa shape index (κ3) is 5.70. The van der Waals surface area contributed by atoms with Gasteiger partial charge in [0.2, 0.25) is 5.91 Å². The number of benzene rings is 1. The van der Waals surface area contributed by atoms with Crippen molar-refractivity contribution < 1.29 is 19.5 Å². The van der Waals surface area contributed by atoms with Crippen LogP contribution >= 0.6 is 11.6 Å². The number of halogens is 1. The van der Waals surface area contributed by atoms with Gasteiger partial charge in [0, 0.05) is 6.42 Å². The first-order valence-corrected chi connectivity index (χ1v) is 6.52. The van der Waals surface area contributed by atoms with E-state index in [1.807, 2.05) is 6.92 Å². The number of nitrogens with two attached hydrogens (primary N) is 1. The van der Waals surface area contributed by atoms with Gasteiger partial charge in [0.15, 0.2) is 0 Å². The molecule has 0 aromatic heterocycles. The second-order valence-electron chi connectivity index (χ2n) is 4.48. The number of hydrogen-bond donors (Lipinski definition) is 4. The highest BCUT2D eigenvalue weighted by Crippen LogP contribution is 2.22. The lowest BCUT2D eigenvalue weighted by Crippen LogP contribution is -2.43. The Kier molecular flexibility index (Phi) is 5.98. The van der Waals surface area contributed by atoms with E-state index in [1.165, 1.54) is 0 Å². The average molecular weight is 314 g/mol. The maximum atomic E-state index is 11.8. The van der Waals surface area contributed by atoms with Gasteiger partial charge in [-0.05, 0) is 31.0 Å². The predicted molar refractivity (Wildman–Crippen MR) is 78.2 cm³/mol. The first-order chi connectivity index (χ1) is 9.79. The number of carbonyl (C=O) groups is 3. The van der Waals surface area contributed by atoms with Crippen molar-refractivity contribution in [2.45, 2.75) is 25.8 Å². The highest BCUT2D eigenvalue weighted by atomic mass is 35.5. The number of aliphatic carboxylic acids is 1. The summed E-state index contributed by atoms with van der Waals surface area (Å²) in [5, 5.41) is 14.0. The summed E-state index contributed by atoms with van der Waals surface area (Å²) in [4.78, 5) is 33.4. The largest absolute Gasteiger partial charge is 0.480 e. The minimum Gasteiger partial charge on any atom is -0.480 e. The van der Waals surface area contributed by atoms with Crippen LogP contribution in [0.25, 0.3) is 0 Å². The topological polar surface area (TPSA) is 122 Å². The molecule has 21 heavy (non-hydrogen) atoms. The fourth-order valence-electron chi connectivity index (χ4n) is 1.60. The molecule has 0 radical (unpaired) electrons. The Morgan fingerprint density at radius 2 is 2.05 bits per heavy atom. The van der Waals surface area contributed by atoms with Crippen LogP contribution in [0.5, 0.6) is 0 Å². The molecule has 1 aromatic rings. The van der Waals surface area contributed by atoms with Crippen LogP contribution in [0.15, 0.2) is 18.2 Å². The van der Waals surface area contributed by atoms with Crippen molar-refractivity contribution in [2.75, 3.05) is 5.32 Å². The van der Waals surface area contributed by atoms with E-state index in [0.717, 1.165) is 5.56 Å². The molecule has 0 spiro atoms. The summed E-state index contributed by atoms with van der Waals surface area (Å²) >= 11 is 5.92. The number of carboxylic acids is 1. The van der Waals surface area contributed by atoms with E-state index in [-0.39, 0.29) is 12.8 Å². The zero-order valence-corrected chi connectivity index (χ0v) is 12.1. The van der Waals surface area contributed by atoms with Crippen LogP contribution in [-0.2, 0) is 9.59 Å². The number of rotatable bonds is 6. The number of anilines is 1. The minimum atomic E-state index is -1.25. The Balaban J connectivity index is 2.67. The molecule has 0 bridgehead atoms. The SMILES string of the molecule is Cc1ccc(Cl)c(NC(=O)N[C@@H](CCC(N)=O)C(=O)O)c1. The molecular weight excluding hydrogens is 298 g/mol. The van der Waals surface area contributed by atoms with Crippen LogP contribution in [0.4, 0.5) is 10.5 Å². The van der Waals surface area contributed by atoms with Crippen LogP contribution in [0, 0.1) is 6.92 Å². The smallest absolute Gasteiger partial charge is 0.326 e. The number of carboxylic acid groups (broad SMARTS) is 1. The molecule has 7 nitrogen and oxygen atoms in total. The van der Waals surface area contributed by atoms with Crippen LogP contribution in [0.1, 0.15) is 18.4 Å². The summed E-state index contributed by atoms with van der Waals surface area (Å²) in [5.41, 5.74) is 6.21. The molecule has 0 aliphatic carbocycles. The second kappa shape index (κ2) is 7.49. The summed E-state index contributed by atoms with van der Waals surface area (Å²) < 4.78 is 0. The normalized spacial score (nSPS) is 11.5. The average Bonchev–Trinajstić information content (AvgIpc) is 2.38. The molecule has 3 amide bonds. The third-order valence-corrected chi connectivity index (χ3v) is 2.98. The van der Waals surface area contributed by atoms with Crippen LogP contribution in [0.3, 0.4) is 0 Å². The van der Waals surface area contributed by atoms with E-state index in [4.69, 9.17) is 22.4 Å². The molecule has 114 valence electrons. The van der Waals surface area contributed by atoms with Gasteiger partial charge in [0.05, 0.1) is 10.7 Å². The van der Waals surface area contributed by atoms with Gasteiger partial charge in [0.1, 0.15) is 6.04 Å². The van der Waals surface area contributed by atoms with E-state index >= 15 is 0 Å². The Morgan fingerprint density at radius 3 is 2.62 bits per heavy atom. The van der Waals surface area contributed by atoms with Crippen molar-refractivity contribution in [1.82, 2.24) is 5.32 Å². The Hall–Kier alpha value is -2.28. The summed E-state index contributed by atoms with van der Waals surface area (Å²) in [6.45, 7) is 1.83. The fourth-order valence-corrected chi connectivity index (χ4v) is 1.76. The first kappa shape index (κ1) is 16.8. The monoisotopic (exact) mass is 313 g/mol. The van der Waals surface area contributed by atoms with Gasteiger partial charge < -0.3 is 21.5 Å². The van der Waals surface area contributed by atoms with Crippen LogP contribution in [-0.4, -0.2) is 29.1 Å². The molecule has 8 heteroatoms. The Bertz CT molecular complexity index is 562. The highest BCUT2D eigenvalue weighted by Gasteiger charge is 2.20. The minimum absolute atomic E-state index is 0.0837. The van der Waals surface area contributed by atoms with Crippen molar-refractivity contribution in [3.05, 3.63) is 28.8 Å². The van der Waals surface area contributed by atoms with Gasteiger partial charge in [-0.25, -0.2) is 9.59 Å². The zero-order valence-electron chi connectivity index (χ0n) is 11.4. The van der Waals surface area contributed by atoms with Crippen molar-refractivity contribution >= 4 is 35.2 Å². The second-order valence-corrected chi connectivity index (χ2v) is 4.88.